The molecule has 0 atom stereocenters. The minimum atomic E-state index is 0. The summed E-state index contributed by atoms with van der Waals surface area (Å²) < 4.78 is 0. The molecule has 3 nitrogen and oxygen atoms in total. The molecule has 3 heteroatoms. The third-order valence-corrected chi connectivity index (χ3v) is 0.762. The van der Waals surface area contributed by atoms with Crippen LogP contribution in [-0.2, 0) is 9.59 Å². The van der Waals surface area contributed by atoms with Crippen molar-refractivity contribution >= 4 is 6.15 Å². The van der Waals surface area contributed by atoms with E-state index in [1.54, 1.807) is 0 Å². The third kappa shape index (κ3) is 53.9. The Morgan fingerprint density at radius 1 is 1.30 bits per heavy atom. The molecule has 0 fully saturated rings. The van der Waals surface area contributed by atoms with Crippen molar-refractivity contribution in [3.8, 4) is 0 Å². The summed E-state index contributed by atoms with van der Waals surface area (Å²) in [6.07, 6.45) is 3.58. The normalized spacial score (nSPS) is 6.20. The molecule has 0 saturated heterocycles. The van der Waals surface area contributed by atoms with Crippen LogP contribution in [0.15, 0.2) is 0 Å². The topological polar surface area (TPSA) is 54.4 Å². The van der Waals surface area contributed by atoms with Crippen molar-refractivity contribution in [1.29, 1.82) is 0 Å². The monoisotopic (exact) mass is 148 g/mol. The molecular formula is C7H16O3. The highest BCUT2D eigenvalue weighted by molar-refractivity contribution is 5.20. The molecule has 0 radical (unpaired) electrons. The van der Waals surface area contributed by atoms with Gasteiger partial charge < -0.3 is 5.11 Å². The molecule has 0 saturated carbocycles. The largest absolute Gasteiger partial charge is 0.396 e. The van der Waals surface area contributed by atoms with E-state index in [0.717, 1.165) is 12.8 Å². The fraction of sp³-hybridized carbons (Fsp3) is 0.857. The van der Waals surface area contributed by atoms with Crippen molar-refractivity contribution in [2.45, 2.75) is 33.6 Å². The Bertz CT molecular complexity index is 61.3. The third-order valence-electron chi connectivity index (χ3n) is 0.762. The molecule has 0 aromatic heterocycles. The summed E-state index contributed by atoms with van der Waals surface area (Å²) in [5.74, 6) is 0. The molecule has 0 rings (SSSR count). The fourth-order valence-electron chi connectivity index (χ4n) is 0.362. The van der Waals surface area contributed by atoms with Gasteiger partial charge in [0.2, 0.25) is 0 Å². The lowest BCUT2D eigenvalue weighted by Crippen LogP contribution is -1.78. The number of hydrogen-bond acceptors (Lipinski definition) is 3. The van der Waals surface area contributed by atoms with Crippen LogP contribution < -0.4 is 0 Å². The first-order valence-corrected chi connectivity index (χ1v) is 2.93. The Kier molecular flexibility index (Phi) is 38.6. The van der Waals surface area contributed by atoms with Crippen molar-refractivity contribution in [2.75, 3.05) is 6.61 Å². The van der Waals surface area contributed by atoms with Gasteiger partial charge in [0.25, 0.3) is 0 Å². The van der Waals surface area contributed by atoms with E-state index >= 15 is 0 Å². The zero-order chi connectivity index (χ0) is 7.54. The zero-order valence-electron chi connectivity index (χ0n) is 5.59. The second-order valence-electron chi connectivity index (χ2n) is 1.51. The van der Waals surface area contributed by atoms with Gasteiger partial charge in [-0.2, -0.15) is 9.59 Å². The van der Waals surface area contributed by atoms with Crippen LogP contribution in [0.5, 0.6) is 0 Å². The van der Waals surface area contributed by atoms with Gasteiger partial charge in [-0.25, -0.2) is 0 Å². The Hall–Kier alpha value is -0.660. The molecule has 1 N–H and O–H groups in total. The quantitative estimate of drug-likeness (QED) is 0.612. The van der Waals surface area contributed by atoms with Gasteiger partial charge in [0, 0.05) is 6.61 Å². The van der Waals surface area contributed by atoms with Crippen molar-refractivity contribution < 1.29 is 14.7 Å². The van der Waals surface area contributed by atoms with Gasteiger partial charge in [-0.15, -0.1) is 0 Å². The van der Waals surface area contributed by atoms with Gasteiger partial charge in [0.15, 0.2) is 0 Å². The lowest BCUT2D eigenvalue weighted by atomic mass is 10.3. The minimum absolute atomic E-state index is 0. The fourth-order valence-corrected chi connectivity index (χ4v) is 0.362. The van der Waals surface area contributed by atoms with Gasteiger partial charge in [-0.1, -0.05) is 27.2 Å². The SMILES string of the molecule is C.CCCCCO.O=C=O. The summed E-state index contributed by atoms with van der Waals surface area (Å²) in [7, 11) is 0. The van der Waals surface area contributed by atoms with Crippen LogP contribution in [0.3, 0.4) is 0 Å². The molecule has 0 aliphatic rings. The summed E-state index contributed by atoms with van der Waals surface area (Å²) in [4.78, 5) is 16.2. The van der Waals surface area contributed by atoms with Crippen LogP contribution in [0.4, 0.5) is 0 Å². The molecule has 0 aromatic rings. The maximum atomic E-state index is 8.20. The zero-order valence-corrected chi connectivity index (χ0v) is 5.59. The summed E-state index contributed by atoms with van der Waals surface area (Å²) in [5, 5.41) is 8.20. The van der Waals surface area contributed by atoms with E-state index in [4.69, 9.17) is 14.7 Å². The lowest BCUT2D eigenvalue weighted by molar-refractivity contribution is -0.191. The van der Waals surface area contributed by atoms with E-state index in [0.29, 0.717) is 6.61 Å². The smallest absolute Gasteiger partial charge is 0.373 e. The highest BCUT2D eigenvalue weighted by atomic mass is 16.3. The first kappa shape index (κ1) is 16.2. The summed E-state index contributed by atoms with van der Waals surface area (Å²) in [6, 6.07) is 0. The van der Waals surface area contributed by atoms with Crippen LogP contribution in [0.1, 0.15) is 33.6 Å². The highest BCUT2D eigenvalue weighted by Gasteiger charge is 1.76. The molecule has 0 bridgehead atoms. The molecule has 62 valence electrons. The second kappa shape index (κ2) is 23.9. The Labute approximate surface area is 62.1 Å². The maximum Gasteiger partial charge on any atom is 0.373 e. The van der Waals surface area contributed by atoms with Crippen molar-refractivity contribution in [1.82, 2.24) is 0 Å². The number of aliphatic hydroxyl groups excluding tert-OH is 1. The van der Waals surface area contributed by atoms with Crippen LogP contribution in [0, 0.1) is 0 Å². The Balaban J connectivity index is -0.000000107. The van der Waals surface area contributed by atoms with Crippen LogP contribution in [0.25, 0.3) is 0 Å². The van der Waals surface area contributed by atoms with Gasteiger partial charge in [-0.05, 0) is 6.42 Å². The predicted molar refractivity (Wildman–Crippen MR) is 38.3 cm³/mol. The maximum absolute atomic E-state index is 8.20. The van der Waals surface area contributed by atoms with E-state index < -0.39 is 0 Å². The molecule has 0 aromatic carbocycles. The highest BCUT2D eigenvalue weighted by Crippen LogP contribution is 1.89. The average molecular weight is 148 g/mol. The first-order chi connectivity index (χ1) is 4.33. The molecule has 0 heterocycles. The molecular weight excluding hydrogens is 132 g/mol. The van der Waals surface area contributed by atoms with Crippen molar-refractivity contribution in [3.63, 3.8) is 0 Å². The summed E-state index contributed by atoms with van der Waals surface area (Å²) >= 11 is 0. The van der Waals surface area contributed by atoms with Crippen LogP contribution in [-0.4, -0.2) is 17.9 Å². The Morgan fingerprint density at radius 3 is 1.80 bits per heavy atom. The summed E-state index contributed by atoms with van der Waals surface area (Å²) in [5.41, 5.74) is 0. The van der Waals surface area contributed by atoms with Gasteiger partial charge in [-0.3, -0.25) is 0 Å². The van der Waals surface area contributed by atoms with Crippen LogP contribution >= 0.6 is 0 Å². The number of carbonyl (C=O) groups excluding carboxylic acids is 2. The van der Waals surface area contributed by atoms with Crippen molar-refractivity contribution in [3.05, 3.63) is 0 Å². The van der Waals surface area contributed by atoms with Gasteiger partial charge in [0.05, 0.1) is 0 Å². The van der Waals surface area contributed by atoms with E-state index in [1.165, 1.54) is 6.42 Å². The number of unbranched alkanes of at least 4 members (excludes halogenated alkanes) is 2. The second-order valence-corrected chi connectivity index (χ2v) is 1.51. The molecule has 10 heavy (non-hydrogen) atoms. The molecule has 0 aliphatic carbocycles. The van der Waals surface area contributed by atoms with E-state index in [1.807, 2.05) is 0 Å². The molecule has 0 spiro atoms. The predicted octanol–water partition coefficient (Wildman–Crippen LogP) is 1.22. The van der Waals surface area contributed by atoms with Gasteiger partial charge >= 0.3 is 6.15 Å². The van der Waals surface area contributed by atoms with E-state index in [9.17, 15) is 0 Å². The summed E-state index contributed by atoms with van der Waals surface area (Å²) in [6.45, 7) is 2.48. The minimum Gasteiger partial charge on any atom is -0.396 e. The molecule has 0 aliphatic heterocycles. The number of rotatable bonds is 3. The number of hydrogen-bond donors (Lipinski definition) is 1. The standard InChI is InChI=1S/C5H12O.CO2.CH4/c1-2-3-4-5-6;2-1-3;/h6H,2-5H2,1H3;;1H4. The average Bonchev–Trinajstić information content (AvgIpc) is 1.86. The van der Waals surface area contributed by atoms with Gasteiger partial charge in [0.1, 0.15) is 0 Å². The lowest BCUT2D eigenvalue weighted by Gasteiger charge is -1.85. The first-order valence-electron chi connectivity index (χ1n) is 2.93. The molecule has 0 unspecified atom stereocenters. The Morgan fingerprint density at radius 2 is 1.70 bits per heavy atom. The van der Waals surface area contributed by atoms with E-state index in [-0.39, 0.29) is 13.6 Å². The number of aliphatic hydroxyl groups is 1. The van der Waals surface area contributed by atoms with E-state index in [2.05, 4.69) is 6.92 Å². The van der Waals surface area contributed by atoms with Crippen LogP contribution in [0.2, 0.25) is 0 Å². The van der Waals surface area contributed by atoms with Crippen molar-refractivity contribution in [2.24, 2.45) is 0 Å². The molecule has 0 amide bonds.